The molecule has 0 spiro atoms. The molecule has 0 radical (unpaired) electrons. The number of benzene rings is 1. The third-order valence-corrected chi connectivity index (χ3v) is 1.55. The average molecular weight is 167 g/mol. The second-order valence-corrected chi connectivity index (χ2v) is 3.13. The zero-order chi connectivity index (χ0) is 8.10. The van der Waals surface area contributed by atoms with Crippen molar-refractivity contribution >= 4 is 17.2 Å². The van der Waals surface area contributed by atoms with E-state index in [1.54, 1.807) is 12.5 Å². The van der Waals surface area contributed by atoms with Crippen LogP contribution in [0, 0.1) is 0 Å². The first-order valence-corrected chi connectivity index (χ1v) is 4.73. The lowest BCUT2D eigenvalue weighted by molar-refractivity contribution is 0.688. The first-order valence-electron chi connectivity index (χ1n) is 3.22. The zero-order valence-electron chi connectivity index (χ0n) is 6.23. The monoisotopic (exact) mass is 167 g/mol. The Balaban J connectivity index is 2.72. The number of nitrogens with zero attached hydrogens (tertiary/aromatic N) is 1. The lowest BCUT2D eigenvalue weighted by Crippen LogP contribution is -1.82. The molecular weight excluding hydrogens is 158 g/mol. The van der Waals surface area contributed by atoms with Gasteiger partial charge in [0.1, 0.15) is 11.0 Å². The molecule has 1 aromatic carbocycles. The molecule has 0 bridgehead atoms. The van der Waals surface area contributed by atoms with Gasteiger partial charge >= 0.3 is 0 Å². The third kappa shape index (κ3) is 3.09. The second kappa shape index (κ2) is 4.03. The van der Waals surface area contributed by atoms with Crippen LogP contribution < -0.4 is 0 Å². The zero-order valence-corrected chi connectivity index (χ0v) is 7.04. The van der Waals surface area contributed by atoms with Gasteiger partial charge < -0.3 is 0 Å². The van der Waals surface area contributed by atoms with Crippen molar-refractivity contribution in [3.05, 3.63) is 35.9 Å². The van der Waals surface area contributed by atoms with E-state index in [9.17, 15) is 4.21 Å². The summed E-state index contributed by atoms with van der Waals surface area (Å²) in [5.74, 6) is 0. The number of rotatable bonds is 2. The minimum Gasteiger partial charge on any atom is -0.235 e. The lowest BCUT2D eigenvalue weighted by atomic mass is 10.2. The van der Waals surface area contributed by atoms with Gasteiger partial charge in [-0.15, -0.1) is 0 Å². The lowest BCUT2D eigenvalue weighted by Gasteiger charge is -1.87. The highest BCUT2D eigenvalue weighted by Gasteiger charge is 1.83. The summed E-state index contributed by atoms with van der Waals surface area (Å²) in [6.45, 7) is 0. The SMILES string of the molecule is C[S@@](=O)/N=C/c1ccccc1. The third-order valence-electron chi connectivity index (χ3n) is 1.15. The predicted octanol–water partition coefficient (Wildman–Crippen LogP) is 1.40. The minimum atomic E-state index is -1.10. The second-order valence-electron chi connectivity index (χ2n) is 2.07. The molecule has 3 heteroatoms. The van der Waals surface area contributed by atoms with Crippen molar-refractivity contribution in [3.63, 3.8) is 0 Å². The van der Waals surface area contributed by atoms with Crippen molar-refractivity contribution in [2.45, 2.75) is 0 Å². The molecular formula is C8H9NOS. The van der Waals surface area contributed by atoms with Crippen molar-refractivity contribution in [1.29, 1.82) is 0 Å². The van der Waals surface area contributed by atoms with Crippen molar-refractivity contribution in [2.24, 2.45) is 4.40 Å². The van der Waals surface area contributed by atoms with Gasteiger partial charge in [0.25, 0.3) is 0 Å². The smallest absolute Gasteiger partial charge is 0.136 e. The normalized spacial score (nSPS) is 13.5. The van der Waals surface area contributed by atoms with Gasteiger partial charge in [0.15, 0.2) is 0 Å². The van der Waals surface area contributed by atoms with Crippen LogP contribution in [-0.2, 0) is 11.0 Å². The van der Waals surface area contributed by atoms with Gasteiger partial charge in [0, 0.05) is 12.5 Å². The predicted molar refractivity (Wildman–Crippen MR) is 48.1 cm³/mol. The molecule has 2 nitrogen and oxygen atoms in total. The topological polar surface area (TPSA) is 29.4 Å². The maximum Gasteiger partial charge on any atom is 0.136 e. The molecule has 58 valence electrons. The van der Waals surface area contributed by atoms with Gasteiger partial charge in [-0.05, 0) is 5.56 Å². The highest BCUT2D eigenvalue weighted by atomic mass is 32.2. The Kier molecular flexibility index (Phi) is 2.98. The molecule has 1 rings (SSSR count). The summed E-state index contributed by atoms with van der Waals surface area (Å²) in [4.78, 5) is 0. The molecule has 0 aliphatic heterocycles. The molecule has 0 aromatic heterocycles. The van der Waals surface area contributed by atoms with E-state index in [1.165, 1.54) is 0 Å². The Bertz CT molecular complexity index is 269. The number of hydrogen-bond donors (Lipinski definition) is 0. The average Bonchev–Trinajstić information content (AvgIpc) is 2.03. The number of hydrogen-bond acceptors (Lipinski definition) is 1. The Morgan fingerprint density at radius 2 is 2.00 bits per heavy atom. The van der Waals surface area contributed by atoms with Crippen molar-refractivity contribution in [3.8, 4) is 0 Å². The van der Waals surface area contributed by atoms with E-state index in [4.69, 9.17) is 0 Å². The van der Waals surface area contributed by atoms with E-state index in [2.05, 4.69) is 4.40 Å². The van der Waals surface area contributed by atoms with Crippen LogP contribution in [0.15, 0.2) is 34.7 Å². The molecule has 0 unspecified atom stereocenters. The molecule has 0 aliphatic rings. The largest absolute Gasteiger partial charge is 0.235 e. The molecule has 0 fully saturated rings. The molecule has 0 amide bonds. The molecule has 0 saturated carbocycles. The van der Waals surface area contributed by atoms with Crippen LogP contribution in [0.1, 0.15) is 5.56 Å². The van der Waals surface area contributed by atoms with Crippen molar-refractivity contribution < 1.29 is 4.21 Å². The summed E-state index contributed by atoms with van der Waals surface area (Å²) in [6, 6.07) is 9.59. The van der Waals surface area contributed by atoms with Crippen molar-refractivity contribution in [2.75, 3.05) is 6.26 Å². The standard InChI is InChI=1S/C8H9NOS/c1-11(10)9-7-8-5-3-2-4-6-8/h2-7H,1H3/b9-7+/t11-/m1/s1. The van der Waals surface area contributed by atoms with Crippen LogP contribution >= 0.6 is 0 Å². The van der Waals surface area contributed by atoms with Crippen molar-refractivity contribution in [1.82, 2.24) is 0 Å². The van der Waals surface area contributed by atoms with E-state index >= 15 is 0 Å². The minimum absolute atomic E-state index is 0.975. The van der Waals surface area contributed by atoms with Gasteiger partial charge in [0.2, 0.25) is 0 Å². The summed E-state index contributed by atoms with van der Waals surface area (Å²) in [5, 5.41) is 0. The molecule has 0 saturated heterocycles. The quantitative estimate of drug-likeness (QED) is 0.612. The van der Waals surface area contributed by atoms with Gasteiger partial charge in [-0.2, -0.15) is 4.40 Å². The van der Waals surface area contributed by atoms with Gasteiger partial charge in [-0.3, -0.25) is 0 Å². The van der Waals surface area contributed by atoms with Crippen LogP contribution in [0.5, 0.6) is 0 Å². The van der Waals surface area contributed by atoms with Gasteiger partial charge in [-0.1, -0.05) is 30.3 Å². The molecule has 0 heterocycles. The van der Waals surface area contributed by atoms with Gasteiger partial charge in [-0.25, -0.2) is 4.21 Å². The summed E-state index contributed by atoms with van der Waals surface area (Å²) in [7, 11) is -1.10. The van der Waals surface area contributed by atoms with E-state index in [0.29, 0.717) is 0 Å². The highest BCUT2D eigenvalue weighted by molar-refractivity contribution is 7.83. The Hall–Kier alpha value is -0.960. The Morgan fingerprint density at radius 3 is 2.55 bits per heavy atom. The summed E-state index contributed by atoms with van der Waals surface area (Å²) < 4.78 is 14.3. The van der Waals surface area contributed by atoms with Crippen LogP contribution in [-0.4, -0.2) is 16.7 Å². The van der Waals surface area contributed by atoms with Gasteiger partial charge in [0.05, 0.1) is 0 Å². The van der Waals surface area contributed by atoms with Crippen LogP contribution in [0.4, 0.5) is 0 Å². The Labute approximate surface area is 68.6 Å². The van der Waals surface area contributed by atoms with Crippen LogP contribution in [0.2, 0.25) is 0 Å². The first kappa shape index (κ1) is 8.14. The Morgan fingerprint density at radius 1 is 1.36 bits per heavy atom. The molecule has 1 aromatic rings. The summed E-state index contributed by atoms with van der Waals surface area (Å²) in [5.41, 5.74) is 0.975. The van der Waals surface area contributed by atoms with E-state index < -0.39 is 11.0 Å². The fraction of sp³-hybridized carbons (Fsp3) is 0.125. The molecule has 0 aliphatic carbocycles. The van der Waals surface area contributed by atoms with E-state index in [0.717, 1.165) is 5.56 Å². The fourth-order valence-corrected chi connectivity index (χ4v) is 0.944. The van der Waals surface area contributed by atoms with E-state index in [1.807, 2.05) is 30.3 Å². The van der Waals surface area contributed by atoms with Crippen LogP contribution in [0.25, 0.3) is 0 Å². The maximum atomic E-state index is 10.5. The highest BCUT2D eigenvalue weighted by Crippen LogP contribution is 1.93. The molecule has 11 heavy (non-hydrogen) atoms. The van der Waals surface area contributed by atoms with Crippen LogP contribution in [0.3, 0.4) is 0 Å². The fourth-order valence-electron chi connectivity index (χ4n) is 0.674. The molecule has 1 atom stereocenters. The van der Waals surface area contributed by atoms with E-state index in [-0.39, 0.29) is 0 Å². The molecule has 0 N–H and O–H groups in total. The summed E-state index contributed by atoms with van der Waals surface area (Å²) >= 11 is 0. The maximum absolute atomic E-state index is 10.5. The first-order chi connectivity index (χ1) is 5.29. The summed E-state index contributed by atoms with van der Waals surface area (Å²) in [6.07, 6.45) is 3.15.